The maximum Gasteiger partial charge on any atom is 0.0408 e. The summed E-state index contributed by atoms with van der Waals surface area (Å²) in [5.41, 5.74) is 6.00. The van der Waals surface area contributed by atoms with Crippen molar-refractivity contribution in [3.8, 4) is 0 Å². The summed E-state index contributed by atoms with van der Waals surface area (Å²) in [5.74, 6) is 0.753. The van der Waals surface area contributed by atoms with Crippen LogP contribution in [0.2, 0.25) is 0 Å². The van der Waals surface area contributed by atoms with Crippen molar-refractivity contribution in [2.45, 2.75) is 12.8 Å². The van der Waals surface area contributed by atoms with Crippen LogP contribution in [0.4, 0.5) is 0 Å². The average Bonchev–Trinajstić information content (AvgIpc) is 3.02. The standard InChI is InChI=1S/C17H17N/c1-2-7-15-12-18(11-14(15)6-1)17-10-9-13-5-3-4-8-16(13)17/h1-6,8,10,15H,7,9,11-12H2. The van der Waals surface area contributed by atoms with Gasteiger partial charge in [-0.05, 0) is 24.0 Å². The number of nitrogens with zero attached hydrogens (tertiary/aromatic N) is 1. The van der Waals surface area contributed by atoms with Crippen molar-refractivity contribution in [2.24, 2.45) is 5.92 Å². The van der Waals surface area contributed by atoms with Crippen LogP contribution in [0.3, 0.4) is 0 Å². The first-order valence-corrected chi connectivity index (χ1v) is 6.81. The van der Waals surface area contributed by atoms with Gasteiger partial charge in [0.2, 0.25) is 0 Å². The zero-order chi connectivity index (χ0) is 11.9. The average molecular weight is 235 g/mol. The summed E-state index contributed by atoms with van der Waals surface area (Å²) in [6.07, 6.45) is 11.5. The third-order valence-corrected chi connectivity index (χ3v) is 4.35. The summed E-state index contributed by atoms with van der Waals surface area (Å²) in [7, 11) is 0. The van der Waals surface area contributed by atoms with Crippen LogP contribution in [0.15, 0.2) is 54.1 Å². The van der Waals surface area contributed by atoms with Gasteiger partial charge in [-0.3, -0.25) is 0 Å². The molecule has 2 aliphatic carbocycles. The Kier molecular flexibility index (Phi) is 2.19. The molecule has 1 heteroatoms. The predicted octanol–water partition coefficient (Wildman–Crippen LogP) is 3.40. The highest BCUT2D eigenvalue weighted by Gasteiger charge is 2.30. The second-order valence-electron chi connectivity index (χ2n) is 5.43. The molecule has 0 N–H and O–H groups in total. The molecular weight excluding hydrogens is 218 g/mol. The molecule has 3 aliphatic rings. The predicted molar refractivity (Wildman–Crippen MR) is 75.0 cm³/mol. The van der Waals surface area contributed by atoms with Gasteiger partial charge in [-0.2, -0.15) is 0 Å². The Labute approximate surface area is 108 Å². The lowest BCUT2D eigenvalue weighted by atomic mass is 9.95. The van der Waals surface area contributed by atoms with Crippen LogP contribution in [0, 0.1) is 5.92 Å². The van der Waals surface area contributed by atoms with E-state index in [4.69, 9.17) is 0 Å². The monoisotopic (exact) mass is 235 g/mol. The number of allylic oxidation sites excluding steroid dienone is 4. The number of benzene rings is 1. The third-order valence-electron chi connectivity index (χ3n) is 4.35. The Bertz CT molecular complexity index is 577. The molecule has 1 atom stereocenters. The highest BCUT2D eigenvalue weighted by atomic mass is 15.2. The fraction of sp³-hybridized carbons (Fsp3) is 0.294. The second-order valence-corrected chi connectivity index (χ2v) is 5.43. The molecule has 0 bridgehead atoms. The van der Waals surface area contributed by atoms with Crippen LogP contribution in [-0.4, -0.2) is 18.0 Å². The van der Waals surface area contributed by atoms with E-state index in [-0.39, 0.29) is 0 Å². The third kappa shape index (κ3) is 1.47. The van der Waals surface area contributed by atoms with Crippen LogP contribution in [-0.2, 0) is 6.42 Å². The highest BCUT2D eigenvalue weighted by Crippen LogP contribution is 2.37. The molecule has 4 rings (SSSR count). The first kappa shape index (κ1) is 10.2. The summed E-state index contributed by atoms with van der Waals surface area (Å²) < 4.78 is 0. The Morgan fingerprint density at radius 3 is 3.06 bits per heavy atom. The van der Waals surface area contributed by atoms with Crippen molar-refractivity contribution >= 4 is 5.70 Å². The molecule has 1 aromatic rings. The summed E-state index contributed by atoms with van der Waals surface area (Å²) in [6, 6.07) is 8.82. The molecule has 90 valence electrons. The van der Waals surface area contributed by atoms with Crippen LogP contribution < -0.4 is 0 Å². The van der Waals surface area contributed by atoms with E-state index in [0.29, 0.717) is 0 Å². The zero-order valence-corrected chi connectivity index (χ0v) is 10.5. The lowest BCUT2D eigenvalue weighted by molar-refractivity contribution is 0.461. The molecule has 0 radical (unpaired) electrons. The van der Waals surface area contributed by atoms with Crippen LogP contribution >= 0.6 is 0 Å². The summed E-state index contributed by atoms with van der Waals surface area (Å²) in [4.78, 5) is 2.56. The van der Waals surface area contributed by atoms with E-state index < -0.39 is 0 Å². The largest absolute Gasteiger partial charge is 0.367 e. The Morgan fingerprint density at radius 1 is 1.17 bits per heavy atom. The van der Waals surface area contributed by atoms with Gasteiger partial charge in [-0.25, -0.2) is 0 Å². The van der Waals surface area contributed by atoms with Gasteiger partial charge < -0.3 is 4.90 Å². The van der Waals surface area contributed by atoms with E-state index >= 15 is 0 Å². The van der Waals surface area contributed by atoms with E-state index in [9.17, 15) is 0 Å². The molecule has 0 aromatic heterocycles. The lowest BCUT2D eigenvalue weighted by Gasteiger charge is -2.20. The quantitative estimate of drug-likeness (QED) is 0.721. The number of rotatable bonds is 1. The molecule has 18 heavy (non-hydrogen) atoms. The van der Waals surface area contributed by atoms with Crippen molar-refractivity contribution in [1.82, 2.24) is 4.90 Å². The topological polar surface area (TPSA) is 3.24 Å². The lowest BCUT2D eigenvalue weighted by Crippen LogP contribution is -2.18. The summed E-state index contributed by atoms with van der Waals surface area (Å²) in [5, 5.41) is 0. The van der Waals surface area contributed by atoms with Crippen LogP contribution in [0.1, 0.15) is 17.5 Å². The molecule has 1 fully saturated rings. The van der Waals surface area contributed by atoms with E-state index in [0.717, 1.165) is 18.9 Å². The van der Waals surface area contributed by atoms with Gasteiger partial charge in [0.05, 0.1) is 0 Å². The van der Waals surface area contributed by atoms with E-state index in [1.807, 2.05) is 0 Å². The molecule has 0 amide bonds. The second kappa shape index (κ2) is 3.88. The van der Waals surface area contributed by atoms with Gasteiger partial charge in [-0.15, -0.1) is 0 Å². The van der Waals surface area contributed by atoms with E-state index in [1.54, 1.807) is 5.57 Å². The van der Waals surface area contributed by atoms with Gasteiger partial charge in [0, 0.05) is 30.3 Å². The maximum atomic E-state index is 2.56. The van der Waals surface area contributed by atoms with Crippen molar-refractivity contribution in [1.29, 1.82) is 0 Å². The molecule has 1 saturated heterocycles. The molecule has 0 spiro atoms. The summed E-state index contributed by atoms with van der Waals surface area (Å²) >= 11 is 0. The van der Waals surface area contributed by atoms with Crippen LogP contribution in [0.25, 0.3) is 5.70 Å². The fourth-order valence-electron chi connectivity index (χ4n) is 3.39. The van der Waals surface area contributed by atoms with Crippen molar-refractivity contribution in [3.05, 3.63) is 65.3 Å². The minimum atomic E-state index is 0.753. The van der Waals surface area contributed by atoms with Crippen molar-refractivity contribution in [2.75, 3.05) is 13.1 Å². The summed E-state index contributed by atoms with van der Waals surface area (Å²) in [6.45, 7) is 2.31. The normalized spacial score (nSPS) is 24.7. The number of likely N-dealkylation sites (tertiary alicyclic amines) is 1. The Morgan fingerprint density at radius 2 is 2.11 bits per heavy atom. The SMILES string of the molecule is C1=CCC2CN(C3=CCc4ccccc43)CC2=C1. The number of hydrogen-bond donors (Lipinski definition) is 0. The van der Waals surface area contributed by atoms with Crippen molar-refractivity contribution < 1.29 is 0 Å². The van der Waals surface area contributed by atoms with Crippen LogP contribution in [0.5, 0.6) is 0 Å². The molecule has 1 aliphatic heterocycles. The van der Waals surface area contributed by atoms with E-state index in [2.05, 4.69) is 53.5 Å². The smallest absolute Gasteiger partial charge is 0.0408 e. The minimum Gasteiger partial charge on any atom is -0.367 e. The minimum absolute atomic E-state index is 0.753. The molecular formula is C17H17N. The molecule has 1 nitrogen and oxygen atoms in total. The van der Waals surface area contributed by atoms with Crippen molar-refractivity contribution in [3.63, 3.8) is 0 Å². The van der Waals surface area contributed by atoms with E-state index in [1.165, 1.54) is 29.8 Å². The molecule has 1 heterocycles. The highest BCUT2D eigenvalue weighted by molar-refractivity contribution is 5.72. The number of hydrogen-bond acceptors (Lipinski definition) is 1. The Balaban J connectivity index is 1.64. The number of fused-ring (bicyclic) bond motifs is 2. The first-order valence-electron chi connectivity index (χ1n) is 6.81. The molecule has 0 saturated carbocycles. The zero-order valence-electron chi connectivity index (χ0n) is 10.5. The Hall–Kier alpha value is -1.76. The van der Waals surface area contributed by atoms with Gasteiger partial charge >= 0.3 is 0 Å². The fourth-order valence-corrected chi connectivity index (χ4v) is 3.39. The van der Waals surface area contributed by atoms with Gasteiger partial charge in [0.15, 0.2) is 0 Å². The van der Waals surface area contributed by atoms with Gasteiger partial charge in [0.25, 0.3) is 0 Å². The van der Waals surface area contributed by atoms with Gasteiger partial charge in [-0.1, -0.05) is 48.6 Å². The first-order chi connectivity index (χ1) is 8.92. The molecule has 1 aromatic carbocycles. The molecule has 1 unspecified atom stereocenters. The van der Waals surface area contributed by atoms with Gasteiger partial charge in [0.1, 0.15) is 0 Å². The maximum absolute atomic E-state index is 2.56.